The summed E-state index contributed by atoms with van der Waals surface area (Å²) < 4.78 is 10.7. The number of hydrogen-bond acceptors (Lipinski definition) is 3. The Labute approximate surface area is 154 Å². The number of hydrogen-bond donors (Lipinski definition) is 1. The summed E-state index contributed by atoms with van der Waals surface area (Å²) in [6.45, 7) is 3.96. The van der Waals surface area contributed by atoms with Gasteiger partial charge in [-0.1, -0.05) is 23.7 Å². The van der Waals surface area contributed by atoms with Crippen molar-refractivity contribution in [1.29, 1.82) is 0 Å². The van der Waals surface area contributed by atoms with Gasteiger partial charge in [-0.2, -0.15) is 0 Å². The van der Waals surface area contributed by atoms with Crippen molar-refractivity contribution in [1.82, 2.24) is 5.32 Å². The zero-order valence-electron chi connectivity index (χ0n) is 15.1. The van der Waals surface area contributed by atoms with Crippen molar-refractivity contribution < 1.29 is 14.3 Å². The van der Waals surface area contributed by atoms with Crippen LogP contribution in [-0.2, 0) is 11.2 Å². The molecule has 1 unspecified atom stereocenters. The predicted octanol–water partition coefficient (Wildman–Crippen LogP) is 4.48. The second-order valence-electron chi connectivity index (χ2n) is 5.98. The molecule has 0 aliphatic rings. The van der Waals surface area contributed by atoms with Crippen LogP contribution in [0, 0.1) is 6.92 Å². The van der Waals surface area contributed by atoms with Gasteiger partial charge in [0.2, 0.25) is 5.91 Å². The fraction of sp³-hybridized carbons (Fsp3) is 0.350. The highest BCUT2D eigenvalue weighted by Gasteiger charge is 2.15. The zero-order valence-corrected chi connectivity index (χ0v) is 15.8. The van der Waals surface area contributed by atoms with Gasteiger partial charge in [0.15, 0.2) is 11.5 Å². The minimum atomic E-state index is -0.113. The average Bonchev–Trinajstić information content (AvgIpc) is 2.60. The lowest BCUT2D eigenvalue weighted by molar-refractivity contribution is -0.121. The standard InChI is InChI=1S/C20H24ClNO3/c1-13-11-18(24-3)19(25-4)12-17(13)14(2)22-20(23)10-7-15-5-8-16(21)9-6-15/h5-6,8-9,11-12,14H,7,10H2,1-4H3,(H,22,23). The van der Waals surface area contributed by atoms with Crippen LogP contribution in [0.4, 0.5) is 0 Å². The Balaban J connectivity index is 1.99. The first-order valence-corrected chi connectivity index (χ1v) is 8.58. The second kappa shape index (κ2) is 8.77. The lowest BCUT2D eigenvalue weighted by Crippen LogP contribution is -2.27. The molecule has 0 heterocycles. The molecule has 2 aromatic carbocycles. The third kappa shape index (κ3) is 5.13. The summed E-state index contributed by atoms with van der Waals surface area (Å²) in [4.78, 5) is 12.3. The van der Waals surface area contributed by atoms with Crippen LogP contribution in [-0.4, -0.2) is 20.1 Å². The zero-order chi connectivity index (χ0) is 18.4. The Morgan fingerprint density at radius 2 is 1.72 bits per heavy atom. The Hall–Kier alpha value is -2.20. The van der Waals surface area contributed by atoms with Crippen molar-refractivity contribution in [3.05, 3.63) is 58.1 Å². The van der Waals surface area contributed by atoms with E-state index < -0.39 is 0 Å². The number of carbonyl (C=O) groups is 1. The molecule has 25 heavy (non-hydrogen) atoms. The highest BCUT2D eigenvalue weighted by molar-refractivity contribution is 6.30. The normalized spacial score (nSPS) is 11.7. The van der Waals surface area contributed by atoms with E-state index >= 15 is 0 Å². The predicted molar refractivity (Wildman–Crippen MR) is 101 cm³/mol. The summed E-state index contributed by atoms with van der Waals surface area (Å²) in [6, 6.07) is 11.3. The number of ether oxygens (including phenoxy) is 2. The van der Waals surface area contributed by atoms with Crippen molar-refractivity contribution in [3.8, 4) is 11.5 Å². The summed E-state index contributed by atoms with van der Waals surface area (Å²) in [5.41, 5.74) is 3.15. The Morgan fingerprint density at radius 3 is 2.32 bits per heavy atom. The van der Waals surface area contributed by atoms with E-state index in [9.17, 15) is 4.79 Å². The minimum absolute atomic E-state index is 0.0108. The number of benzene rings is 2. The van der Waals surface area contributed by atoms with Crippen LogP contribution in [0.15, 0.2) is 36.4 Å². The highest BCUT2D eigenvalue weighted by Crippen LogP contribution is 2.32. The van der Waals surface area contributed by atoms with E-state index in [-0.39, 0.29) is 11.9 Å². The van der Waals surface area contributed by atoms with E-state index in [0.717, 1.165) is 16.7 Å². The van der Waals surface area contributed by atoms with Gasteiger partial charge in [-0.05, 0) is 61.2 Å². The van der Waals surface area contributed by atoms with Crippen molar-refractivity contribution in [2.24, 2.45) is 0 Å². The van der Waals surface area contributed by atoms with Crippen molar-refractivity contribution in [3.63, 3.8) is 0 Å². The third-order valence-electron chi connectivity index (χ3n) is 4.17. The first kappa shape index (κ1) is 19.1. The van der Waals surface area contributed by atoms with Gasteiger partial charge >= 0.3 is 0 Å². The molecule has 1 N–H and O–H groups in total. The van der Waals surface area contributed by atoms with Gasteiger partial charge in [-0.15, -0.1) is 0 Å². The molecule has 2 rings (SSSR count). The van der Waals surface area contributed by atoms with Crippen LogP contribution in [0.5, 0.6) is 11.5 Å². The molecule has 2 aromatic rings. The molecule has 134 valence electrons. The molecule has 0 bridgehead atoms. The maximum atomic E-state index is 12.3. The lowest BCUT2D eigenvalue weighted by Gasteiger charge is -2.19. The van der Waals surface area contributed by atoms with Crippen LogP contribution in [0.25, 0.3) is 0 Å². The number of aryl methyl sites for hydroxylation is 2. The molecule has 1 amide bonds. The average molecular weight is 362 g/mol. The smallest absolute Gasteiger partial charge is 0.220 e. The third-order valence-corrected chi connectivity index (χ3v) is 4.42. The molecule has 0 fully saturated rings. The first-order valence-electron chi connectivity index (χ1n) is 8.21. The maximum Gasteiger partial charge on any atom is 0.220 e. The van der Waals surface area contributed by atoms with E-state index in [0.29, 0.717) is 29.4 Å². The summed E-state index contributed by atoms with van der Waals surface area (Å²) in [5.74, 6) is 1.35. The number of carbonyl (C=O) groups excluding carboxylic acids is 1. The summed E-state index contributed by atoms with van der Waals surface area (Å²) in [7, 11) is 3.21. The topological polar surface area (TPSA) is 47.6 Å². The van der Waals surface area contributed by atoms with Gasteiger partial charge in [-0.3, -0.25) is 4.79 Å². The van der Waals surface area contributed by atoms with E-state index in [4.69, 9.17) is 21.1 Å². The van der Waals surface area contributed by atoms with E-state index in [1.807, 2.05) is 50.2 Å². The van der Waals surface area contributed by atoms with E-state index in [1.54, 1.807) is 14.2 Å². The molecule has 0 saturated carbocycles. The van der Waals surface area contributed by atoms with Gasteiger partial charge in [0.05, 0.1) is 20.3 Å². The molecule has 1 atom stereocenters. The van der Waals surface area contributed by atoms with E-state index in [2.05, 4.69) is 5.32 Å². The Kier molecular flexibility index (Phi) is 6.71. The van der Waals surface area contributed by atoms with Crippen LogP contribution in [0.2, 0.25) is 5.02 Å². The number of rotatable bonds is 7. The van der Waals surface area contributed by atoms with Crippen molar-refractivity contribution in [2.75, 3.05) is 14.2 Å². The summed E-state index contributed by atoms with van der Waals surface area (Å²) in [5, 5.41) is 3.75. The van der Waals surface area contributed by atoms with E-state index in [1.165, 1.54) is 0 Å². The number of methoxy groups -OCH3 is 2. The molecule has 0 radical (unpaired) electrons. The van der Waals surface area contributed by atoms with Crippen LogP contribution in [0.1, 0.15) is 36.1 Å². The first-order chi connectivity index (χ1) is 11.9. The Morgan fingerprint density at radius 1 is 1.12 bits per heavy atom. The summed E-state index contributed by atoms with van der Waals surface area (Å²) >= 11 is 5.87. The van der Waals surface area contributed by atoms with Crippen molar-refractivity contribution >= 4 is 17.5 Å². The molecule has 4 nitrogen and oxygen atoms in total. The van der Waals surface area contributed by atoms with Gasteiger partial charge < -0.3 is 14.8 Å². The lowest BCUT2D eigenvalue weighted by atomic mass is 10.0. The minimum Gasteiger partial charge on any atom is -0.493 e. The largest absolute Gasteiger partial charge is 0.493 e. The number of nitrogens with one attached hydrogen (secondary N) is 1. The Bertz CT molecular complexity index is 728. The van der Waals surface area contributed by atoms with Crippen LogP contribution in [0.3, 0.4) is 0 Å². The van der Waals surface area contributed by atoms with Gasteiger partial charge in [0.1, 0.15) is 0 Å². The number of halogens is 1. The highest BCUT2D eigenvalue weighted by atomic mass is 35.5. The second-order valence-corrected chi connectivity index (χ2v) is 6.42. The molecule has 0 saturated heterocycles. The fourth-order valence-corrected chi connectivity index (χ4v) is 2.89. The molecule has 5 heteroatoms. The SMILES string of the molecule is COc1cc(C)c(C(C)NC(=O)CCc2ccc(Cl)cc2)cc1OC. The molecule has 0 aliphatic carbocycles. The van der Waals surface area contributed by atoms with Crippen LogP contribution < -0.4 is 14.8 Å². The molecule has 0 aromatic heterocycles. The molecular weight excluding hydrogens is 338 g/mol. The maximum absolute atomic E-state index is 12.3. The summed E-state index contributed by atoms with van der Waals surface area (Å²) in [6.07, 6.45) is 1.11. The molecular formula is C20H24ClNO3. The van der Waals surface area contributed by atoms with Gasteiger partial charge in [-0.25, -0.2) is 0 Å². The monoisotopic (exact) mass is 361 g/mol. The van der Waals surface area contributed by atoms with Gasteiger partial charge in [0, 0.05) is 11.4 Å². The molecule has 0 aliphatic heterocycles. The quantitative estimate of drug-likeness (QED) is 0.791. The molecule has 0 spiro atoms. The van der Waals surface area contributed by atoms with Crippen LogP contribution >= 0.6 is 11.6 Å². The fourth-order valence-electron chi connectivity index (χ4n) is 2.76. The van der Waals surface area contributed by atoms with Gasteiger partial charge in [0.25, 0.3) is 0 Å². The number of amides is 1. The van der Waals surface area contributed by atoms with Crippen molar-refractivity contribution in [2.45, 2.75) is 32.7 Å².